The Morgan fingerprint density at radius 3 is 1.56 bits per heavy atom. The minimum atomic E-state index is -0.424. The minimum absolute atomic E-state index is 0.0966. The maximum atomic E-state index is 11.9. The molecule has 25 heavy (non-hydrogen) atoms. The van der Waals surface area contributed by atoms with E-state index in [2.05, 4.69) is 6.92 Å². The van der Waals surface area contributed by atoms with Gasteiger partial charge in [0.15, 0.2) is 0 Å². The van der Waals surface area contributed by atoms with Gasteiger partial charge < -0.3 is 9.84 Å². The van der Waals surface area contributed by atoms with Crippen LogP contribution in [0.3, 0.4) is 0 Å². The Morgan fingerprint density at radius 2 is 1.16 bits per heavy atom. The number of ether oxygens (including phenoxy) is 1. The van der Waals surface area contributed by atoms with Crippen molar-refractivity contribution in [3.63, 3.8) is 0 Å². The monoisotopic (exact) mass is 356 g/mol. The number of esters is 1. The van der Waals surface area contributed by atoms with Gasteiger partial charge in [-0.15, -0.1) is 0 Å². The van der Waals surface area contributed by atoms with Crippen LogP contribution in [0.5, 0.6) is 0 Å². The SMILES string of the molecule is CCCCCCCCCCCCCCCCC(C)(C)C(=O)OCCO. The summed E-state index contributed by atoms with van der Waals surface area (Å²) in [5.41, 5.74) is -0.424. The Hall–Kier alpha value is -0.570. The molecule has 3 heteroatoms. The van der Waals surface area contributed by atoms with Crippen LogP contribution in [0.15, 0.2) is 0 Å². The van der Waals surface area contributed by atoms with Gasteiger partial charge in [0, 0.05) is 0 Å². The Morgan fingerprint density at radius 1 is 0.760 bits per heavy atom. The minimum Gasteiger partial charge on any atom is -0.463 e. The first-order chi connectivity index (χ1) is 12.0. The lowest BCUT2D eigenvalue weighted by molar-refractivity contribution is -0.155. The zero-order chi connectivity index (χ0) is 18.8. The van der Waals surface area contributed by atoms with Gasteiger partial charge in [0.2, 0.25) is 0 Å². The van der Waals surface area contributed by atoms with E-state index >= 15 is 0 Å². The third-order valence-electron chi connectivity index (χ3n) is 5.03. The zero-order valence-corrected chi connectivity index (χ0v) is 17.3. The van der Waals surface area contributed by atoms with Crippen molar-refractivity contribution in [2.45, 2.75) is 117 Å². The third kappa shape index (κ3) is 15.4. The molecule has 0 bridgehead atoms. The highest BCUT2D eigenvalue weighted by Crippen LogP contribution is 2.26. The van der Waals surface area contributed by atoms with Crippen LogP contribution in [-0.4, -0.2) is 24.3 Å². The van der Waals surface area contributed by atoms with Crippen molar-refractivity contribution in [3.8, 4) is 0 Å². The Bertz CT molecular complexity index is 300. The molecule has 0 fully saturated rings. The van der Waals surface area contributed by atoms with Crippen LogP contribution < -0.4 is 0 Å². The topological polar surface area (TPSA) is 46.5 Å². The van der Waals surface area contributed by atoms with Crippen molar-refractivity contribution in [2.24, 2.45) is 5.41 Å². The van der Waals surface area contributed by atoms with Gasteiger partial charge in [-0.2, -0.15) is 0 Å². The standard InChI is InChI=1S/C22H44O3/c1-4-5-6-7-8-9-10-11-12-13-14-15-16-17-18-22(2,3)21(24)25-20-19-23/h23H,4-20H2,1-3H3. The molecule has 0 rings (SSSR count). The van der Waals surface area contributed by atoms with E-state index in [-0.39, 0.29) is 19.2 Å². The van der Waals surface area contributed by atoms with Gasteiger partial charge in [-0.05, 0) is 20.3 Å². The fourth-order valence-corrected chi connectivity index (χ4v) is 3.20. The van der Waals surface area contributed by atoms with Gasteiger partial charge in [0.1, 0.15) is 6.61 Å². The molecular weight excluding hydrogens is 312 g/mol. The van der Waals surface area contributed by atoms with Crippen molar-refractivity contribution in [1.29, 1.82) is 0 Å². The first kappa shape index (κ1) is 24.4. The molecule has 0 aliphatic rings. The molecule has 0 atom stereocenters. The summed E-state index contributed by atoms with van der Waals surface area (Å²) in [7, 11) is 0. The summed E-state index contributed by atoms with van der Waals surface area (Å²) < 4.78 is 5.04. The number of rotatable bonds is 18. The molecular formula is C22H44O3. The van der Waals surface area contributed by atoms with Gasteiger partial charge in [-0.1, -0.05) is 96.8 Å². The molecule has 0 unspecified atom stereocenters. The highest BCUT2D eigenvalue weighted by Gasteiger charge is 2.28. The van der Waals surface area contributed by atoms with Crippen molar-refractivity contribution in [2.75, 3.05) is 13.2 Å². The Kier molecular flexibility index (Phi) is 16.5. The Balaban J connectivity index is 3.34. The number of aliphatic hydroxyl groups excluding tert-OH is 1. The first-order valence-electron chi connectivity index (χ1n) is 10.8. The lowest BCUT2D eigenvalue weighted by Crippen LogP contribution is -2.27. The maximum absolute atomic E-state index is 11.9. The summed E-state index contributed by atoms with van der Waals surface area (Å²) in [5, 5.41) is 8.71. The second kappa shape index (κ2) is 16.9. The van der Waals surface area contributed by atoms with Crippen LogP contribution >= 0.6 is 0 Å². The molecule has 1 N–H and O–H groups in total. The van der Waals surface area contributed by atoms with Crippen LogP contribution in [0.25, 0.3) is 0 Å². The van der Waals surface area contributed by atoms with E-state index in [0.29, 0.717) is 0 Å². The van der Waals surface area contributed by atoms with Crippen LogP contribution in [-0.2, 0) is 9.53 Å². The van der Waals surface area contributed by atoms with E-state index < -0.39 is 5.41 Å². The second-order valence-corrected chi connectivity index (χ2v) is 8.09. The quantitative estimate of drug-likeness (QED) is 0.228. The summed E-state index contributed by atoms with van der Waals surface area (Å²) in [5.74, 6) is -0.184. The summed E-state index contributed by atoms with van der Waals surface area (Å²) in [6.45, 7) is 6.17. The predicted molar refractivity (Wildman–Crippen MR) is 107 cm³/mol. The van der Waals surface area contributed by atoms with Crippen LogP contribution in [0, 0.1) is 5.41 Å². The normalized spacial score (nSPS) is 11.7. The van der Waals surface area contributed by atoms with E-state index in [1.807, 2.05) is 13.8 Å². The van der Waals surface area contributed by atoms with Gasteiger partial charge in [0.05, 0.1) is 12.0 Å². The van der Waals surface area contributed by atoms with E-state index in [1.54, 1.807) is 0 Å². The molecule has 0 aromatic heterocycles. The summed E-state index contributed by atoms with van der Waals surface area (Å²) in [6.07, 6.45) is 19.8. The van der Waals surface area contributed by atoms with Crippen molar-refractivity contribution in [1.82, 2.24) is 0 Å². The number of carbonyl (C=O) groups is 1. The van der Waals surface area contributed by atoms with E-state index in [9.17, 15) is 4.79 Å². The average Bonchev–Trinajstić information content (AvgIpc) is 2.59. The van der Waals surface area contributed by atoms with Gasteiger partial charge in [-0.25, -0.2) is 0 Å². The number of aliphatic hydroxyl groups is 1. The smallest absolute Gasteiger partial charge is 0.311 e. The largest absolute Gasteiger partial charge is 0.463 e. The second-order valence-electron chi connectivity index (χ2n) is 8.09. The van der Waals surface area contributed by atoms with Crippen LogP contribution in [0.1, 0.15) is 117 Å². The zero-order valence-electron chi connectivity index (χ0n) is 17.3. The number of hydrogen-bond donors (Lipinski definition) is 1. The lowest BCUT2D eigenvalue weighted by atomic mass is 9.87. The fraction of sp³-hybridized carbons (Fsp3) is 0.955. The number of carbonyl (C=O) groups excluding carboxylic acids is 1. The fourth-order valence-electron chi connectivity index (χ4n) is 3.20. The number of hydrogen-bond acceptors (Lipinski definition) is 3. The molecule has 0 saturated carbocycles. The molecule has 0 aliphatic carbocycles. The van der Waals surface area contributed by atoms with Crippen molar-refractivity contribution in [3.05, 3.63) is 0 Å². The first-order valence-corrected chi connectivity index (χ1v) is 10.8. The number of unbranched alkanes of at least 4 members (excludes halogenated alkanes) is 13. The maximum Gasteiger partial charge on any atom is 0.311 e. The lowest BCUT2D eigenvalue weighted by Gasteiger charge is -2.22. The molecule has 0 amide bonds. The van der Waals surface area contributed by atoms with E-state index in [0.717, 1.165) is 12.8 Å². The van der Waals surface area contributed by atoms with Crippen LogP contribution in [0.2, 0.25) is 0 Å². The summed E-state index contributed by atoms with van der Waals surface area (Å²) in [4.78, 5) is 11.9. The molecule has 0 aromatic carbocycles. The van der Waals surface area contributed by atoms with Gasteiger partial charge >= 0.3 is 5.97 Å². The summed E-state index contributed by atoms with van der Waals surface area (Å²) in [6, 6.07) is 0. The Labute approximate surface area is 156 Å². The molecule has 0 heterocycles. The summed E-state index contributed by atoms with van der Waals surface area (Å²) >= 11 is 0. The highest BCUT2D eigenvalue weighted by molar-refractivity contribution is 5.75. The van der Waals surface area contributed by atoms with Gasteiger partial charge in [-0.3, -0.25) is 4.79 Å². The molecule has 0 aromatic rings. The molecule has 3 nitrogen and oxygen atoms in total. The van der Waals surface area contributed by atoms with Crippen molar-refractivity contribution < 1.29 is 14.6 Å². The van der Waals surface area contributed by atoms with E-state index in [4.69, 9.17) is 9.84 Å². The molecule has 0 spiro atoms. The average molecular weight is 357 g/mol. The van der Waals surface area contributed by atoms with E-state index in [1.165, 1.54) is 83.5 Å². The molecule has 0 saturated heterocycles. The molecule has 0 aliphatic heterocycles. The predicted octanol–water partition coefficient (Wildman–Crippen LogP) is 6.42. The van der Waals surface area contributed by atoms with Crippen molar-refractivity contribution >= 4 is 5.97 Å². The van der Waals surface area contributed by atoms with Gasteiger partial charge in [0.25, 0.3) is 0 Å². The third-order valence-corrected chi connectivity index (χ3v) is 5.03. The van der Waals surface area contributed by atoms with Crippen LogP contribution in [0.4, 0.5) is 0 Å². The molecule has 0 radical (unpaired) electrons. The molecule has 150 valence electrons. The highest BCUT2D eigenvalue weighted by atomic mass is 16.5.